The highest BCUT2D eigenvalue weighted by Gasteiger charge is 2.35. The van der Waals surface area contributed by atoms with Crippen LogP contribution in [0.2, 0.25) is 5.02 Å². The first-order valence-electron chi connectivity index (χ1n) is 7.92. The van der Waals surface area contributed by atoms with Crippen molar-refractivity contribution in [1.82, 2.24) is 10.1 Å². The fourth-order valence-electron chi connectivity index (χ4n) is 2.76. The van der Waals surface area contributed by atoms with Crippen LogP contribution < -0.4 is 4.74 Å². The van der Waals surface area contributed by atoms with Crippen LogP contribution in [0.25, 0.3) is 11.3 Å². The molecule has 5 nitrogen and oxygen atoms in total. The molecule has 4 rings (SSSR count). The molecule has 1 aliphatic rings. The molecule has 0 spiro atoms. The average molecular weight is 355 g/mol. The maximum Gasteiger partial charge on any atom is 0.259 e. The third-order valence-electron chi connectivity index (χ3n) is 4.11. The number of hydrogen-bond acceptors (Lipinski definition) is 4. The molecular weight excluding hydrogens is 340 g/mol. The lowest BCUT2D eigenvalue weighted by molar-refractivity contribution is 0.0178. The molecule has 0 N–H and O–H groups in total. The van der Waals surface area contributed by atoms with Gasteiger partial charge in [-0.2, -0.15) is 0 Å². The Labute approximate surface area is 149 Å². The fourth-order valence-corrected chi connectivity index (χ4v) is 2.94. The number of ether oxygens (including phenoxy) is 1. The van der Waals surface area contributed by atoms with Crippen LogP contribution in [0.4, 0.5) is 0 Å². The molecule has 0 atom stereocenters. The quantitative estimate of drug-likeness (QED) is 0.713. The van der Waals surface area contributed by atoms with Gasteiger partial charge in [-0.15, -0.1) is 0 Å². The SMILES string of the molecule is O=C(c1conc1-c1ccccc1)N1CC(Oc2ccccc2Cl)C1. The molecule has 25 heavy (non-hydrogen) atoms. The van der Waals surface area contributed by atoms with Crippen LogP contribution in [0.15, 0.2) is 65.4 Å². The summed E-state index contributed by atoms with van der Waals surface area (Å²) in [7, 11) is 0. The van der Waals surface area contributed by atoms with Gasteiger partial charge in [-0.05, 0) is 12.1 Å². The zero-order valence-corrected chi connectivity index (χ0v) is 14.0. The number of carbonyl (C=O) groups is 1. The summed E-state index contributed by atoms with van der Waals surface area (Å²) in [6.07, 6.45) is 1.33. The van der Waals surface area contributed by atoms with Gasteiger partial charge in [0.15, 0.2) is 0 Å². The summed E-state index contributed by atoms with van der Waals surface area (Å²) in [6, 6.07) is 16.8. The van der Waals surface area contributed by atoms with E-state index < -0.39 is 0 Å². The summed E-state index contributed by atoms with van der Waals surface area (Å²) in [5.74, 6) is 0.523. The zero-order chi connectivity index (χ0) is 17.2. The Balaban J connectivity index is 1.43. The van der Waals surface area contributed by atoms with Gasteiger partial charge < -0.3 is 14.2 Å². The number of rotatable bonds is 4. The van der Waals surface area contributed by atoms with E-state index in [0.717, 1.165) is 5.56 Å². The van der Waals surface area contributed by atoms with Gasteiger partial charge in [-0.3, -0.25) is 4.79 Å². The molecule has 0 bridgehead atoms. The molecule has 0 radical (unpaired) electrons. The summed E-state index contributed by atoms with van der Waals surface area (Å²) in [4.78, 5) is 14.4. The van der Waals surface area contributed by atoms with Gasteiger partial charge in [0.25, 0.3) is 5.91 Å². The second-order valence-electron chi connectivity index (χ2n) is 5.82. The summed E-state index contributed by atoms with van der Waals surface area (Å²) in [6.45, 7) is 1.01. The standard InChI is InChI=1S/C19H15ClN2O3/c20-16-8-4-5-9-17(16)25-14-10-22(11-14)19(23)15-12-24-21-18(15)13-6-2-1-3-7-13/h1-9,12,14H,10-11H2. The molecule has 6 heteroatoms. The number of aromatic nitrogens is 1. The molecule has 1 saturated heterocycles. The number of benzene rings is 2. The van der Waals surface area contributed by atoms with E-state index in [9.17, 15) is 4.79 Å². The average Bonchev–Trinajstić information content (AvgIpc) is 3.09. The van der Waals surface area contributed by atoms with Crippen LogP contribution in [0.1, 0.15) is 10.4 Å². The Hall–Kier alpha value is -2.79. The highest BCUT2D eigenvalue weighted by molar-refractivity contribution is 6.32. The molecule has 2 heterocycles. The van der Waals surface area contributed by atoms with Crippen molar-refractivity contribution in [3.63, 3.8) is 0 Å². The van der Waals surface area contributed by atoms with Gasteiger partial charge >= 0.3 is 0 Å². The van der Waals surface area contributed by atoms with Crippen molar-refractivity contribution < 1.29 is 14.1 Å². The first kappa shape index (κ1) is 15.7. The Kier molecular flexibility index (Phi) is 4.15. The third kappa shape index (κ3) is 3.10. The molecule has 1 fully saturated rings. The largest absolute Gasteiger partial charge is 0.485 e. The van der Waals surface area contributed by atoms with Crippen molar-refractivity contribution >= 4 is 17.5 Å². The topological polar surface area (TPSA) is 55.6 Å². The van der Waals surface area contributed by atoms with Gasteiger partial charge in [0.2, 0.25) is 0 Å². The van der Waals surface area contributed by atoms with Gasteiger partial charge in [0, 0.05) is 5.56 Å². The highest BCUT2D eigenvalue weighted by atomic mass is 35.5. The minimum Gasteiger partial charge on any atom is -0.485 e. The number of hydrogen-bond donors (Lipinski definition) is 0. The van der Waals surface area contributed by atoms with Crippen LogP contribution in [-0.2, 0) is 0 Å². The van der Waals surface area contributed by atoms with Gasteiger partial charge in [-0.25, -0.2) is 0 Å². The first-order valence-corrected chi connectivity index (χ1v) is 8.30. The smallest absolute Gasteiger partial charge is 0.259 e. The van der Waals surface area contributed by atoms with Crippen molar-refractivity contribution in [1.29, 1.82) is 0 Å². The van der Waals surface area contributed by atoms with Crippen molar-refractivity contribution in [2.24, 2.45) is 0 Å². The third-order valence-corrected chi connectivity index (χ3v) is 4.43. The monoisotopic (exact) mass is 354 g/mol. The second-order valence-corrected chi connectivity index (χ2v) is 6.23. The zero-order valence-electron chi connectivity index (χ0n) is 13.3. The van der Waals surface area contributed by atoms with E-state index in [1.807, 2.05) is 48.5 Å². The Morgan fingerprint density at radius 1 is 1.12 bits per heavy atom. The van der Waals surface area contributed by atoms with Crippen molar-refractivity contribution in [2.75, 3.05) is 13.1 Å². The first-order chi connectivity index (χ1) is 12.2. The predicted molar refractivity (Wildman–Crippen MR) is 93.7 cm³/mol. The van der Waals surface area contributed by atoms with Crippen LogP contribution in [0.5, 0.6) is 5.75 Å². The number of halogens is 1. The lowest BCUT2D eigenvalue weighted by Gasteiger charge is -2.38. The highest BCUT2D eigenvalue weighted by Crippen LogP contribution is 2.28. The summed E-state index contributed by atoms with van der Waals surface area (Å²) in [5, 5.41) is 4.54. The summed E-state index contributed by atoms with van der Waals surface area (Å²) in [5.41, 5.74) is 1.87. The van der Waals surface area contributed by atoms with Crippen LogP contribution in [0.3, 0.4) is 0 Å². The normalized spacial score (nSPS) is 14.2. The lowest BCUT2D eigenvalue weighted by atomic mass is 10.1. The van der Waals surface area contributed by atoms with E-state index in [-0.39, 0.29) is 12.0 Å². The van der Waals surface area contributed by atoms with Crippen molar-refractivity contribution in [2.45, 2.75) is 6.10 Å². The summed E-state index contributed by atoms with van der Waals surface area (Å²) >= 11 is 6.09. The second kappa shape index (κ2) is 6.61. The van der Waals surface area contributed by atoms with E-state index in [0.29, 0.717) is 35.1 Å². The molecule has 0 saturated carbocycles. The van der Waals surface area contributed by atoms with Crippen LogP contribution in [-0.4, -0.2) is 35.2 Å². The van der Waals surface area contributed by atoms with Crippen molar-refractivity contribution in [3.05, 3.63) is 71.4 Å². The predicted octanol–water partition coefficient (Wildman–Crippen LogP) is 3.90. The van der Waals surface area contributed by atoms with E-state index >= 15 is 0 Å². The molecule has 3 aromatic rings. The molecule has 0 aliphatic carbocycles. The Morgan fingerprint density at radius 2 is 1.84 bits per heavy atom. The molecule has 2 aromatic carbocycles. The molecule has 1 aromatic heterocycles. The summed E-state index contributed by atoms with van der Waals surface area (Å²) < 4.78 is 10.9. The van der Waals surface area contributed by atoms with Crippen LogP contribution >= 0.6 is 11.6 Å². The van der Waals surface area contributed by atoms with Gasteiger partial charge in [0.05, 0.1) is 18.1 Å². The Bertz CT molecular complexity index is 888. The molecule has 1 amide bonds. The van der Waals surface area contributed by atoms with E-state index in [2.05, 4.69) is 5.16 Å². The maximum atomic E-state index is 12.7. The number of amides is 1. The molecule has 1 aliphatic heterocycles. The molecule has 0 unspecified atom stereocenters. The molecular formula is C19H15ClN2O3. The van der Waals surface area contributed by atoms with Crippen molar-refractivity contribution in [3.8, 4) is 17.0 Å². The molecule has 126 valence electrons. The minimum atomic E-state index is -0.112. The van der Waals surface area contributed by atoms with E-state index in [1.165, 1.54) is 6.26 Å². The fraction of sp³-hybridized carbons (Fsp3) is 0.158. The number of para-hydroxylation sites is 1. The minimum absolute atomic E-state index is 0.0658. The Morgan fingerprint density at radius 3 is 2.60 bits per heavy atom. The number of likely N-dealkylation sites (tertiary alicyclic amines) is 1. The van der Waals surface area contributed by atoms with Crippen LogP contribution in [0, 0.1) is 0 Å². The van der Waals surface area contributed by atoms with E-state index in [4.69, 9.17) is 20.9 Å². The van der Waals surface area contributed by atoms with Gasteiger partial charge in [-0.1, -0.05) is 59.2 Å². The maximum absolute atomic E-state index is 12.7. The number of carbonyl (C=O) groups excluding carboxylic acids is 1. The van der Waals surface area contributed by atoms with Gasteiger partial charge in [0.1, 0.15) is 29.4 Å². The number of nitrogens with zero attached hydrogens (tertiary/aromatic N) is 2. The lowest BCUT2D eigenvalue weighted by Crippen LogP contribution is -2.56. The van der Waals surface area contributed by atoms with E-state index in [1.54, 1.807) is 11.0 Å².